The molecule has 2 N–H and O–H groups in total. The van der Waals surface area contributed by atoms with Gasteiger partial charge < -0.3 is 14.6 Å². The Bertz CT molecular complexity index is 950. The topological polar surface area (TPSA) is 102 Å². The van der Waals surface area contributed by atoms with Gasteiger partial charge in [-0.15, -0.1) is 0 Å². The number of methoxy groups -OCH3 is 2. The molecule has 0 saturated carbocycles. The number of nitrogens with one attached hydrogen (secondary N) is 1. The molecule has 0 aliphatic heterocycles. The van der Waals surface area contributed by atoms with Crippen molar-refractivity contribution in [3.63, 3.8) is 0 Å². The van der Waals surface area contributed by atoms with Gasteiger partial charge in [0.1, 0.15) is 0 Å². The van der Waals surface area contributed by atoms with Gasteiger partial charge in [-0.05, 0) is 35.9 Å². The number of carbonyl (C=O) groups is 1. The van der Waals surface area contributed by atoms with Crippen LogP contribution in [0.1, 0.15) is 21.5 Å². The molecular weight excluding hydrogens is 358 g/mol. The molecule has 2 rings (SSSR count). The lowest BCUT2D eigenvalue weighted by atomic mass is 10.0. The van der Waals surface area contributed by atoms with Gasteiger partial charge in [-0.2, -0.15) is 0 Å². The van der Waals surface area contributed by atoms with Crippen molar-refractivity contribution in [1.82, 2.24) is 0 Å². The molecule has 0 aliphatic rings. The van der Waals surface area contributed by atoms with Gasteiger partial charge in [-0.1, -0.05) is 18.2 Å². The highest BCUT2D eigenvalue weighted by molar-refractivity contribution is 7.92. The third-order valence-electron chi connectivity index (χ3n) is 3.45. The zero-order valence-electron chi connectivity index (χ0n) is 14.5. The minimum Gasteiger partial charge on any atom is -0.493 e. The quantitative estimate of drug-likeness (QED) is 0.720. The van der Waals surface area contributed by atoms with Crippen LogP contribution in [0, 0.1) is 0 Å². The third kappa shape index (κ3) is 4.76. The van der Waals surface area contributed by atoms with Crippen molar-refractivity contribution in [1.29, 1.82) is 0 Å². The summed E-state index contributed by atoms with van der Waals surface area (Å²) in [5.41, 5.74) is 1.50. The summed E-state index contributed by atoms with van der Waals surface area (Å²) in [6, 6.07) is 9.66. The van der Waals surface area contributed by atoms with Crippen molar-refractivity contribution in [3.8, 4) is 11.5 Å². The standard InChI is InChI=1S/C18H19NO6S/c1-24-16-10-9-15(18(20)21)14(17(16)25-2)8-7-12-5-4-6-13(11-12)19-26(3,22)23/h4-11,19H,1-3H3,(H,20,21)/b8-7+. The molecular formula is C18H19NO6S. The maximum Gasteiger partial charge on any atom is 0.336 e. The highest BCUT2D eigenvalue weighted by Gasteiger charge is 2.17. The van der Waals surface area contributed by atoms with E-state index < -0.39 is 16.0 Å². The number of hydrogen-bond donors (Lipinski definition) is 2. The maximum atomic E-state index is 11.5. The molecule has 7 nitrogen and oxygen atoms in total. The molecule has 0 radical (unpaired) electrons. The normalized spacial score (nSPS) is 11.3. The molecule has 0 fully saturated rings. The molecule has 26 heavy (non-hydrogen) atoms. The van der Waals surface area contributed by atoms with Crippen LogP contribution in [-0.4, -0.2) is 40.0 Å². The number of benzene rings is 2. The van der Waals surface area contributed by atoms with Gasteiger partial charge in [-0.3, -0.25) is 4.72 Å². The average Bonchev–Trinajstić information content (AvgIpc) is 2.57. The number of sulfonamides is 1. The lowest BCUT2D eigenvalue weighted by Gasteiger charge is -2.12. The molecule has 0 aromatic heterocycles. The number of anilines is 1. The van der Waals surface area contributed by atoms with Crippen LogP contribution in [0.4, 0.5) is 5.69 Å². The van der Waals surface area contributed by atoms with E-state index in [9.17, 15) is 18.3 Å². The number of aromatic carboxylic acids is 1. The molecule has 0 aliphatic carbocycles. The molecule has 8 heteroatoms. The van der Waals surface area contributed by atoms with E-state index in [1.165, 1.54) is 26.4 Å². The minimum atomic E-state index is -3.39. The van der Waals surface area contributed by atoms with Crippen LogP contribution in [-0.2, 0) is 10.0 Å². The monoisotopic (exact) mass is 377 g/mol. The molecule has 0 saturated heterocycles. The Morgan fingerprint density at radius 2 is 1.85 bits per heavy atom. The van der Waals surface area contributed by atoms with Gasteiger partial charge in [-0.25, -0.2) is 13.2 Å². The first kappa shape index (κ1) is 19.3. The predicted octanol–water partition coefficient (Wildman–Crippen LogP) is 2.94. The van der Waals surface area contributed by atoms with E-state index in [2.05, 4.69) is 4.72 Å². The van der Waals surface area contributed by atoms with E-state index in [1.807, 2.05) is 0 Å². The Kier molecular flexibility index (Phi) is 5.89. The summed E-state index contributed by atoms with van der Waals surface area (Å²) in [7, 11) is -0.495. The van der Waals surface area contributed by atoms with Crippen molar-refractivity contribution >= 4 is 33.8 Å². The van der Waals surface area contributed by atoms with Crippen LogP contribution < -0.4 is 14.2 Å². The van der Waals surface area contributed by atoms with Crippen LogP contribution in [0.2, 0.25) is 0 Å². The summed E-state index contributed by atoms with van der Waals surface area (Å²) in [5.74, 6) is -0.392. The van der Waals surface area contributed by atoms with Crippen molar-refractivity contribution in [3.05, 3.63) is 53.1 Å². The molecule has 0 atom stereocenters. The molecule has 0 bridgehead atoms. The second-order valence-corrected chi connectivity index (χ2v) is 7.15. The number of rotatable bonds is 7. The number of ether oxygens (including phenoxy) is 2. The smallest absolute Gasteiger partial charge is 0.336 e. The molecule has 0 spiro atoms. The molecule has 2 aromatic carbocycles. The van der Waals surface area contributed by atoms with Crippen LogP contribution in [0.3, 0.4) is 0 Å². The molecule has 2 aromatic rings. The molecule has 0 unspecified atom stereocenters. The Balaban J connectivity index is 2.47. The Morgan fingerprint density at radius 1 is 1.12 bits per heavy atom. The number of carboxylic acid groups (broad SMARTS) is 1. The summed E-state index contributed by atoms with van der Waals surface area (Å²) in [5, 5.41) is 9.41. The highest BCUT2D eigenvalue weighted by atomic mass is 32.2. The van der Waals surface area contributed by atoms with Gasteiger partial charge >= 0.3 is 5.97 Å². The van der Waals surface area contributed by atoms with E-state index in [1.54, 1.807) is 36.4 Å². The van der Waals surface area contributed by atoms with Gasteiger partial charge in [0.05, 0.1) is 26.0 Å². The molecule has 0 heterocycles. The highest BCUT2D eigenvalue weighted by Crippen LogP contribution is 2.35. The van der Waals surface area contributed by atoms with Crippen LogP contribution in [0.15, 0.2) is 36.4 Å². The third-order valence-corrected chi connectivity index (χ3v) is 4.05. The van der Waals surface area contributed by atoms with E-state index in [-0.39, 0.29) is 5.56 Å². The van der Waals surface area contributed by atoms with Crippen LogP contribution in [0.5, 0.6) is 11.5 Å². The van der Waals surface area contributed by atoms with E-state index >= 15 is 0 Å². The summed E-state index contributed by atoms with van der Waals surface area (Å²) < 4.78 is 35.6. The van der Waals surface area contributed by atoms with E-state index in [4.69, 9.17) is 9.47 Å². The van der Waals surface area contributed by atoms with Gasteiger partial charge in [0, 0.05) is 11.3 Å². The summed E-state index contributed by atoms with van der Waals surface area (Å²) in [6.07, 6.45) is 4.32. The first-order valence-electron chi connectivity index (χ1n) is 7.49. The lowest BCUT2D eigenvalue weighted by Crippen LogP contribution is -2.09. The fraction of sp³-hybridized carbons (Fsp3) is 0.167. The SMILES string of the molecule is COc1ccc(C(=O)O)c(/C=C/c2cccc(NS(C)(=O)=O)c2)c1OC. The second-order valence-electron chi connectivity index (χ2n) is 5.40. The van der Waals surface area contributed by atoms with Crippen molar-refractivity contribution < 1.29 is 27.8 Å². The summed E-state index contributed by atoms with van der Waals surface area (Å²) in [6.45, 7) is 0. The maximum absolute atomic E-state index is 11.5. The van der Waals surface area contributed by atoms with Gasteiger partial charge in [0.15, 0.2) is 11.5 Å². The average molecular weight is 377 g/mol. The summed E-state index contributed by atoms with van der Waals surface area (Å²) >= 11 is 0. The first-order valence-corrected chi connectivity index (χ1v) is 9.38. The van der Waals surface area contributed by atoms with Crippen LogP contribution >= 0.6 is 0 Å². The number of carboxylic acids is 1. The fourth-order valence-corrected chi connectivity index (χ4v) is 2.96. The van der Waals surface area contributed by atoms with Gasteiger partial charge in [0.25, 0.3) is 0 Å². The predicted molar refractivity (Wildman–Crippen MR) is 100 cm³/mol. The first-order chi connectivity index (χ1) is 12.2. The molecule has 0 amide bonds. The van der Waals surface area contributed by atoms with Crippen molar-refractivity contribution in [2.24, 2.45) is 0 Å². The van der Waals surface area contributed by atoms with Crippen molar-refractivity contribution in [2.45, 2.75) is 0 Å². The Hall–Kier alpha value is -3.00. The second kappa shape index (κ2) is 7.92. The lowest BCUT2D eigenvalue weighted by molar-refractivity contribution is 0.0696. The minimum absolute atomic E-state index is 0.0596. The fourth-order valence-electron chi connectivity index (χ4n) is 2.40. The van der Waals surface area contributed by atoms with Crippen LogP contribution in [0.25, 0.3) is 12.2 Å². The Labute approximate surface area is 151 Å². The van der Waals surface area contributed by atoms with E-state index in [0.29, 0.717) is 28.3 Å². The zero-order valence-corrected chi connectivity index (χ0v) is 15.3. The Morgan fingerprint density at radius 3 is 2.42 bits per heavy atom. The molecule has 138 valence electrons. The summed E-state index contributed by atoms with van der Waals surface area (Å²) in [4.78, 5) is 11.5. The van der Waals surface area contributed by atoms with Gasteiger partial charge in [0.2, 0.25) is 10.0 Å². The van der Waals surface area contributed by atoms with Crippen molar-refractivity contribution in [2.75, 3.05) is 25.2 Å². The zero-order chi connectivity index (χ0) is 19.3. The number of hydrogen-bond acceptors (Lipinski definition) is 5. The largest absolute Gasteiger partial charge is 0.493 e. The van der Waals surface area contributed by atoms with E-state index in [0.717, 1.165) is 6.26 Å².